The molecule has 0 bridgehead atoms. The fraction of sp³-hybridized carbons (Fsp3) is 0.765. The number of nitrogens with zero attached hydrogens (tertiary/aromatic N) is 1. The monoisotopic (exact) mass is 385 g/mol. The van der Waals surface area contributed by atoms with Crippen molar-refractivity contribution in [1.82, 2.24) is 10.2 Å². The van der Waals surface area contributed by atoms with Crippen LogP contribution in [0.25, 0.3) is 0 Å². The Bertz CT molecular complexity index is 626. The molecule has 26 heavy (non-hydrogen) atoms. The summed E-state index contributed by atoms with van der Waals surface area (Å²) in [5.41, 5.74) is 5.87. The first-order valence-electron chi connectivity index (χ1n) is 9.01. The predicted octanol–water partition coefficient (Wildman–Crippen LogP) is -0.686. The summed E-state index contributed by atoms with van der Waals surface area (Å²) in [7, 11) is 0. The number of carbonyl (C=O) groups is 2. The number of thioether (sulfide) groups is 1. The van der Waals surface area contributed by atoms with Crippen molar-refractivity contribution in [2.45, 2.75) is 56.2 Å². The molecule has 0 aromatic rings. The number of rotatable bonds is 7. The molecule has 2 saturated heterocycles. The van der Waals surface area contributed by atoms with Crippen LogP contribution in [0.5, 0.6) is 0 Å². The number of nitrogens with one attached hydrogen (secondary N) is 1. The average molecular weight is 385 g/mol. The summed E-state index contributed by atoms with van der Waals surface area (Å²) in [6.45, 7) is 4.18. The molecule has 0 spiro atoms. The topological polar surface area (TPSA) is 136 Å². The van der Waals surface area contributed by atoms with E-state index in [4.69, 9.17) is 10.8 Å². The number of hydrogen-bond acceptors (Lipinski definition) is 7. The second kappa shape index (κ2) is 7.47. The number of aliphatic hydroxyl groups excluding tert-OH is 2. The van der Waals surface area contributed by atoms with Gasteiger partial charge in [0.05, 0.1) is 24.7 Å². The summed E-state index contributed by atoms with van der Waals surface area (Å²) in [6.07, 6.45) is 0.716. The van der Waals surface area contributed by atoms with E-state index in [2.05, 4.69) is 5.32 Å². The normalized spacial score (nSPS) is 36.1. The van der Waals surface area contributed by atoms with Gasteiger partial charge in [0.15, 0.2) is 0 Å². The Morgan fingerprint density at radius 2 is 2.19 bits per heavy atom. The molecule has 0 saturated carbocycles. The summed E-state index contributed by atoms with van der Waals surface area (Å²) in [5, 5.41) is 32.2. The summed E-state index contributed by atoms with van der Waals surface area (Å²) in [6, 6.07) is -0.338. The SMILES string of the molecule is C[C@@H](O)[C@H]1C(=O)N2C(C(=O)O)=C(S[C@@H]3CN[C@@H](CC(N)CO)C3)[C@H](C)[C@H]12. The lowest BCUT2D eigenvalue weighted by molar-refractivity contribution is -0.163. The molecule has 1 amide bonds. The van der Waals surface area contributed by atoms with Gasteiger partial charge in [-0.15, -0.1) is 11.8 Å². The zero-order valence-electron chi connectivity index (χ0n) is 15.0. The molecule has 7 atom stereocenters. The van der Waals surface area contributed by atoms with Gasteiger partial charge in [-0.3, -0.25) is 4.79 Å². The van der Waals surface area contributed by atoms with Crippen molar-refractivity contribution >= 4 is 23.6 Å². The van der Waals surface area contributed by atoms with Crippen molar-refractivity contribution in [3.05, 3.63) is 10.6 Å². The molecule has 0 aliphatic carbocycles. The lowest BCUT2D eigenvalue weighted by Gasteiger charge is -2.46. The quantitative estimate of drug-likeness (QED) is 0.364. The van der Waals surface area contributed by atoms with E-state index in [9.17, 15) is 19.8 Å². The van der Waals surface area contributed by atoms with Crippen molar-refractivity contribution in [1.29, 1.82) is 0 Å². The number of carboxylic acids is 1. The van der Waals surface area contributed by atoms with Crippen LogP contribution in [0.15, 0.2) is 10.6 Å². The highest BCUT2D eigenvalue weighted by Crippen LogP contribution is 2.51. The number of fused-ring (bicyclic) bond motifs is 1. The number of amides is 1. The van der Waals surface area contributed by atoms with Gasteiger partial charge in [-0.05, 0) is 19.8 Å². The van der Waals surface area contributed by atoms with Crippen LogP contribution in [0, 0.1) is 11.8 Å². The number of carboxylic acid groups (broad SMARTS) is 1. The van der Waals surface area contributed by atoms with E-state index in [-0.39, 0.29) is 47.5 Å². The third-order valence-corrected chi connectivity index (χ3v) is 7.12. The second-order valence-corrected chi connectivity index (χ2v) is 8.87. The zero-order chi connectivity index (χ0) is 19.2. The maximum absolute atomic E-state index is 12.3. The van der Waals surface area contributed by atoms with Crippen LogP contribution in [-0.2, 0) is 9.59 Å². The zero-order valence-corrected chi connectivity index (χ0v) is 15.8. The molecular formula is C17H27N3O5S. The van der Waals surface area contributed by atoms with E-state index in [0.717, 1.165) is 17.9 Å². The average Bonchev–Trinajstić information content (AvgIpc) is 3.09. The van der Waals surface area contributed by atoms with Gasteiger partial charge in [-0.2, -0.15) is 0 Å². The second-order valence-electron chi connectivity index (χ2n) is 7.53. The minimum absolute atomic E-state index is 0.0547. The Morgan fingerprint density at radius 3 is 2.77 bits per heavy atom. The summed E-state index contributed by atoms with van der Waals surface area (Å²) in [5.74, 6) is -2.04. The molecule has 146 valence electrons. The first-order chi connectivity index (χ1) is 12.3. The Hall–Kier alpha value is -1.13. The third kappa shape index (κ3) is 3.27. The van der Waals surface area contributed by atoms with Gasteiger partial charge in [0, 0.05) is 34.7 Å². The third-order valence-electron chi connectivity index (χ3n) is 5.61. The van der Waals surface area contributed by atoms with Crippen molar-refractivity contribution in [2.24, 2.45) is 17.6 Å². The highest BCUT2D eigenvalue weighted by atomic mass is 32.2. The van der Waals surface area contributed by atoms with Crippen molar-refractivity contribution < 1.29 is 24.9 Å². The van der Waals surface area contributed by atoms with Gasteiger partial charge in [0.1, 0.15) is 5.70 Å². The van der Waals surface area contributed by atoms with E-state index >= 15 is 0 Å². The van der Waals surface area contributed by atoms with E-state index in [1.807, 2.05) is 6.92 Å². The van der Waals surface area contributed by atoms with Crippen LogP contribution in [0.2, 0.25) is 0 Å². The largest absolute Gasteiger partial charge is 0.477 e. The van der Waals surface area contributed by atoms with E-state index in [0.29, 0.717) is 6.42 Å². The molecule has 9 heteroatoms. The Labute approximate surface area is 156 Å². The van der Waals surface area contributed by atoms with Crippen LogP contribution in [0.4, 0.5) is 0 Å². The molecule has 0 aromatic heterocycles. The molecule has 3 aliphatic heterocycles. The highest BCUT2D eigenvalue weighted by molar-refractivity contribution is 8.03. The fourth-order valence-corrected chi connectivity index (χ4v) is 5.87. The van der Waals surface area contributed by atoms with Crippen molar-refractivity contribution in [3.63, 3.8) is 0 Å². The summed E-state index contributed by atoms with van der Waals surface area (Å²) >= 11 is 1.52. The molecule has 8 nitrogen and oxygen atoms in total. The van der Waals surface area contributed by atoms with E-state index < -0.39 is 18.0 Å². The number of β-lactam (4-membered cyclic amide) rings is 1. The van der Waals surface area contributed by atoms with Gasteiger partial charge in [0.2, 0.25) is 5.91 Å². The highest BCUT2D eigenvalue weighted by Gasteiger charge is 2.60. The first-order valence-corrected chi connectivity index (χ1v) is 9.89. The summed E-state index contributed by atoms with van der Waals surface area (Å²) < 4.78 is 0. The number of carbonyl (C=O) groups excluding carboxylic acids is 1. The molecule has 1 unspecified atom stereocenters. The maximum atomic E-state index is 12.3. The van der Waals surface area contributed by atoms with Crippen molar-refractivity contribution in [3.8, 4) is 0 Å². The van der Waals surface area contributed by atoms with Crippen LogP contribution < -0.4 is 11.1 Å². The number of aliphatic hydroxyl groups is 2. The lowest BCUT2D eigenvalue weighted by Crippen LogP contribution is -2.63. The Kier molecular flexibility index (Phi) is 5.64. The van der Waals surface area contributed by atoms with Crippen molar-refractivity contribution in [2.75, 3.05) is 13.2 Å². The Morgan fingerprint density at radius 1 is 1.50 bits per heavy atom. The molecule has 6 N–H and O–H groups in total. The molecular weight excluding hydrogens is 358 g/mol. The first kappa shape index (κ1) is 19.6. The van der Waals surface area contributed by atoms with Gasteiger partial charge < -0.3 is 31.3 Å². The molecule has 3 heterocycles. The molecule has 0 aromatic carbocycles. The lowest BCUT2D eigenvalue weighted by atomic mass is 9.79. The van der Waals surface area contributed by atoms with Crippen LogP contribution >= 0.6 is 11.8 Å². The summed E-state index contributed by atoms with van der Waals surface area (Å²) in [4.78, 5) is 26.2. The van der Waals surface area contributed by atoms with Crippen LogP contribution in [-0.4, -0.2) is 74.7 Å². The minimum atomic E-state index is -1.09. The smallest absolute Gasteiger partial charge is 0.353 e. The molecule has 3 rings (SSSR count). The number of aliphatic carboxylic acids is 1. The minimum Gasteiger partial charge on any atom is -0.477 e. The Balaban J connectivity index is 1.73. The van der Waals surface area contributed by atoms with Gasteiger partial charge in [-0.25, -0.2) is 4.79 Å². The predicted molar refractivity (Wildman–Crippen MR) is 97.1 cm³/mol. The van der Waals surface area contributed by atoms with Crippen LogP contribution in [0.1, 0.15) is 26.7 Å². The molecule has 3 aliphatic rings. The van der Waals surface area contributed by atoms with Gasteiger partial charge in [0.25, 0.3) is 0 Å². The standard InChI is InChI=1S/C17H27N3O5S/c1-7-13-12(8(2)22)16(23)20(13)14(17(24)25)15(7)26-11-4-10(19-5-11)3-9(18)6-21/h7-13,19,21-22H,3-6,18H2,1-2H3,(H,24,25)/t7-,8-,9?,10+,11+,12-,13-/m1/s1. The van der Waals surface area contributed by atoms with Crippen LogP contribution in [0.3, 0.4) is 0 Å². The number of nitrogens with two attached hydrogens (primary N) is 1. The van der Waals surface area contributed by atoms with Gasteiger partial charge in [-0.1, -0.05) is 6.92 Å². The fourth-order valence-electron chi connectivity index (χ4n) is 4.35. The maximum Gasteiger partial charge on any atom is 0.353 e. The molecule has 0 radical (unpaired) electrons. The molecule has 2 fully saturated rings. The number of hydrogen-bond donors (Lipinski definition) is 5. The van der Waals surface area contributed by atoms with Gasteiger partial charge >= 0.3 is 5.97 Å². The van der Waals surface area contributed by atoms with E-state index in [1.54, 1.807) is 6.92 Å². The van der Waals surface area contributed by atoms with E-state index in [1.165, 1.54) is 16.7 Å².